The van der Waals surface area contributed by atoms with Crippen molar-refractivity contribution in [3.05, 3.63) is 12.7 Å². The van der Waals surface area contributed by atoms with Crippen LogP contribution in [0.5, 0.6) is 0 Å². The number of hydrogen-bond acceptors (Lipinski definition) is 3. The quantitative estimate of drug-likeness (QED) is 0.197. The summed E-state index contributed by atoms with van der Waals surface area (Å²) in [4.78, 5) is 0. The fourth-order valence-corrected chi connectivity index (χ4v) is 9.16. The second kappa shape index (κ2) is 10.9. The molecular formula is C32H58O3Si2. The molecule has 1 N–H and O–H groups in total. The highest BCUT2D eigenvalue weighted by Crippen LogP contribution is 2.59. The van der Waals surface area contributed by atoms with Crippen molar-refractivity contribution in [2.45, 2.75) is 147 Å². The molecule has 0 aromatic carbocycles. The predicted molar refractivity (Wildman–Crippen MR) is 163 cm³/mol. The first-order valence-electron chi connectivity index (χ1n) is 15.1. The van der Waals surface area contributed by atoms with Crippen LogP contribution in [0, 0.1) is 41.4 Å². The van der Waals surface area contributed by atoms with E-state index >= 15 is 0 Å². The summed E-state index contributed by atoms with van der Waals surface area (Å²) in [5.74, 6) is 9.15. The first-order chi connectivity index (χ1) is 16.8. The maximum Gasteiger partial charge on any atom is 0.193 e. The van der Waals surface area contributed by atoms with Gasteiger partial charge in [0.05, 0.1) is 11.7 Å². The van der Waals surface area contributed by atoms with E-state index in [1.165, 1.54) is 25.7 Å². The molecule has 0 aromatic heterocycles. The van der Waals surface area contributed by atoms with Crippen LogP contribution in [0.1, 0.15) is 93.4 Å². The van der Waals surface area contributed by atoms with Crippen molar-refractivity contribution in [2.75, 3.05) is 0 Å². The molecule has 37 heavy (non-hydrogen) atoms. The SMILES string of the molecule is C=CC1(O)C(C)[C@H]2[C@H](C#C[C@H](CC3CCCC3)O[Si](C)(C)C(C)(C)C)[C@@H](O[Si](C)(C)C(C)(C)C)CC[C@H]21. The molecule has 3 rings (SSSR count). The molecule has 3 aliphatic carbocycles. The Hall–Kier alpha value is -0.386. The van der Waals surface area contributed by atoms with Crippen LogP contribution in [0.15, 0.2) is 12.7 Å². The Balaban J connectivity index is 1.94. The van der Waals surface area contributed by atoms with Crippen LogP contribution in [-0.2, 0) is 8.85 Å². The Morgan fingerprint density at radius 1 is 0.973 bits per heavy atom. The third-order valence-corrected chi connectivity index (χ3v) is 20.2. The molecule has 3 aliphatic rings. The highest BCUT2D eigenvalue weighted by molar-refractivity contribution is 6.74. The van der Waals surface area contributed by atoms with Crippen LogP contribution < -0.4 is 0 Å². The minimum atomic E-state index is -1.95. The molecular weight excluding hydrogens is 489 g/mol. The largest absolute Gasteiger partial charge is 0.413 e. The zero-order valence-corrected chi connectivity index (χ0v) is 28.0. The molecule has 5 heteroatoms. The topological polar surface area (TPSA) is 38.7 Å². The lowest BCUT2D eigenvalue weighted by Crippen LogP contribution is -2.66. The van der Waals surface area contributed by atoms with Crippen LogP contribution >= 0.6 is 0 Å². The van der Waals surface area contributed by atoms with E-state index in [9.17, 15) is 5.11 Å². The van der Waals surface area contributed by atoms with E-state index in [1.807, 2.05) is 0 Å². The van der Waals surface area contributed by atoms with E-state index in [4.69, 9.17) is 8.85 Å². The molecule has 3 nitrogen and oxygen atoms in total. The van der Waals surface area contributed by atoms with E-state index in [0.717, 1.165) is 25.2 Å². The van der Waals surface area contributed by atoms with Gasteiger partial charge in [0.15, 0.2) is 16.6 Å². The van der Waals surface area contributed by atoms with Crippen molar-refractivity contribution < 1.29 is 14.0 Å². The predicted octanol–water partition coefficient (Wildman–Crippen LogP) is 8.56. The van der Waals surface area contributed by atoms with Crippen LogP contribution in [-0.4, -0.2) is 39.6 Å². The van der Waals surface area contributed by atoms with Gasteiger partial charge in [-0.1, -0.05) is 92.1 Å². The average Bonchev–Trinajstić information content (AvgIpc) is 3.27. The first kappa shape index (κ1) is 31.1. The molecule has 0 radical (unpaired) electrons. The summed E-state index contributed by atoms with van der Waals surface area (Å²) >= 11 is 0. The Labute approximate surface area is 231 Å². The molecule has 0 heterocycles. The average molecular weight is 547 g/mol. The second-order valence-electron chi connectivity index (χ2n) is 15.6. The summed E-state index contributed by atoms with van der Waals surface area (Å²) in [5.41, 5.74) is -0.770. The fraction of sp³-hybridized carbons (Fsp3) is 0.875. The monoisotopic (exact) mass is 546 g/mol. The zero-order valence-electron chi connectivity index (χ0n) is 26.0. The van der Waals surface area contributed by atoms with Crippen molar-refractivity contribution in [3.8, 4) is 11.8 Å². The molecule has 0 amide bonds. The van der Waals surface area contributed by atoms with Crippen molar-refractivity contribution in [1.82, 2.24) is 0 Å². The molecule has 0 spiro atoms. The molecule has 3 saturated carbocycles. The highest BCUT2D eigenvalue weighted by Gasteiger charge is 2.62. The Kier molecular flexibility index (Phi) is 9.16. The molecule has 0 saturated heterocycles. The molecule has 212 valence electrons. The van der Waals surface area contributed by atoms with E-state index in [2.05, 4.69) is 93.1 Å². The number of aliphatic hydroxyl groups is 1. The van der Waals surface area contributed by atoms with Crippen LogP contribution in [0.25, 0.3) is 0 Å². The normalized spacial score (nSPS) is 34.2. The maximum atomic E-state index is 11.3. The van der Waals surface area contributed by atoms with Gasteiger partial charge >= 0.3 is 0 Å². The molecule has 0 aliphatic heterocycles. The van der Waals surface area contributed by atoms with Gasteiger partial charge in [0.25, 0.3) is 0 Å². The fourth-order valence-electron chi connectivity index (χ4n) is 6.56. The van der Waals surface area contributed by atoms with E-state index < -0.39 is 22.2 Å². The Morgan fingerprint density at radius 2 is 1.54 bits per heavy atom. The summed E-state index contributed by atoms with van der Waals surface area (Å²) in [6, 6.07) is 0. The number of rotatable bonds is 7. The minimum Gasteiger partial charge on any atom is -0.413 e. The Bertz CT molecular complexity index is 865. The number of hydrogen-bond donors (Lipinski definition) is 1. The maximum absolute atomic E-state index is 11.3. The molecule has 0 bridgehead atoms. The standard InChI is InChI=1S/C32H58O3Si2/c1-13-32(33)23(2)29-26(28(21-20-27(29)32)35-37(11,12)31(6,7)8)19-18-25(22-24-16-14-15-17-24)34-36(9,10)30(3,4)5/h13,23-29,33H,1,14-17,20-22H2,2-12H3/t23?,25-,26-,27-,28+,29+,32?/m1/s1. The number of fused-ring (bicyclic) bond motifs is 1. The highest BCUT2D eigenvalue weighted by atomic mass is 28.4. The van der Waals surface area contributed by atoms with Gasteiger partial charge in [-0.2, -0.15) is 0 Å². The smallest absolute Gasteiger partial charge is 0.193 e. The molecule has 3 fully saturated rings. The summed E-state index contributed by atoms with van der Waals surface area (Å²) < 4.78 is 14.1. The summed E-state index contributed by atoms with van der Waals surface area (Å²) in [6.45, 7) is 29.5. The molecule has 2 unspecified atom stereocenters. The van der Waals surface area contributed by atoms with Crippen molar-refractivity contribution in [3.63, 3.8) is 0 Å². The lowest BCUT2D eigenvalue weighted by atomic mass is 9.46. The van der Waals surface area contributed by atoms with Crippen LogP contribution in [0.2, 0.25) is 36.3 Å². The van der Waals surface area contributed by atoms with Crippen LogP contribution in [0.3, 0.4) is 0 Å². The van der Waals surface area contributed by atoms with Gasteiger partial charge in [0.1, 0.15) is 6.10 Å². The molecule has 0 aromatic rings. The second-order valence-corrected chi connectivity index (χ2v) is 25.1. The van der Waals surface area contributed by atoms with Gasteiger partial charge in [0.2, 0.25) is 0 Å². The zero-order chi connectivity index (χ0) is 28.0. The van der Waals surface area contributed by atoms with E-state index in [1.54, 1.807) is 6.08 Å². The van der Waals surface area contributed by atoms with Gasteiger partial charge in [-0.25, -0.2) is 0 Å². The Morgan fingerprint density at radius 3 is 2.05 bits per heavy atom. The lowest BCUT2D eigenvalue weighted by molar-refractivity contribution is -0.199. The van der Waals surface area contributed by atoms with Crippen molar-refractivity contribution >= 4 is 16.6 Å². The van der Waals surface area contributed by atoms with Gasteiger partial charge in [-0.3, -0.25) is 0 Å². The van der Waals surface area contributed by atoms with Gasteiger partial charge in [-0.05, 0) is 79.2 Å². The van der Waals surface area contributed by atoms with E-state index in [-0.39, 0.29) is 40.0 Å². The van der Waals surface area contributed by atoms with Gasteiger partial charge < -0.3 is 14.0 Å². The molecule has 7 atom stereocenters. The van der Waals surface area contributed by atoms with Gasteiger partial charge in [0, 0.05) is 5.92 Å². The third kappa shape index (κ3) is 6.35. The third-order valence-electron chi connectivity index (χ3n) is 11.2. The lowest BCUT2D eigenvalue weighted by Gasteiger charge is -2.62. The first-order valence-corrected chi connectivity index (χ1v) is 20.9. The summed E-state index contributed by atoms with van der Waals surface area (Å²) in [5, 5.41) is 11.7. The van der Waals surface area contributed by atoms with Crippen molar-refractivity contribution in [2.24, 2.45) is 29.6 Å². The minimum absolute atomic E-state index is 0.00781. The van der Waals surface area contributed by atoms with Crippen molar-refractivity contribution in [1.29, 1.82) is 0 Å². The van der Waals surface area contributed by atoms with E-state index in [0.29, 0.717) is 5.92 Å². The summed E-state index contributed by atoms with van der Waals surface area (Å²) in [6.07, 6.45) is 10.2. The van der Waals surface area contributed by atoms with Gasteiger partial charge in [-0.15, -0.1) is 6.58 Å². The van der Waals surface area contributed by atoms with Crippen LogP contribution in [0.4, 0.5) is 0 Å². The summed E-state index contributed by atoms with van der Waals surface area (Å²) in [7, 11) is -3.90.